The molecule has 0 unspecified atom stereocenters. The number of rotatable bonds is 7. The van der Waals surface area contributed by atoms with E-state index < -0.39 is 0 Å². The first-order chi connectivity index (χ1) is 15.1. The third-order valence-corrected chi connectivity index (χ3v) is 7.17. The number of benzene rings is 2. The monoisotopic (exact) mass is 418 g/mol. The molecule has 2 fully saturated rings. The van der Waals surface area contributed by atoms with Gasteiger partial charge >= 0.3 is 0 Å². The van der Waals surface area contributed by atoms with Gasteiger partial charge in [-0.3, -0.25) is 14.5 Å². The SMILES string of the molecule is Cc1ccc(C2(C(=O)CN3CCC[C@H]3C(=O)NCc3ccccc3)CCCCC2)cc1. The summed E-state index contributed by atoms with van der Waals surface area (Å²) >= 11 is 0. The van der Waals surface area contributed by atoms with Crippen molar-refractivity contribution in [3.63, 3.8) is 0 Å². The number of nitrogens with one attached hydrogen (secondary N) is 1. The van der Waals surface area contributed by atoms with Crippen molar-refractivity contribution in [2.75, 3.05) is 13.1 Å². The third-order valence-electron chi connectivity index (χ3n) is 7.17. The van der Waals surface area contributed by atoms with E-state index in [1.54, 1.807) is 0 Å². The molecule has 1 aliphatic carbocycles. The lowest BCUT2D eigenvalue weighted by molar-refractivity contribution is -0.130. The largest absolute Gasteiger partial charge is 0.351 e. The zero-order chi connectivity index (χ0) is 21.7. The number of nitrogens with zero attached hydrogens (tertiary/aromatic N) is 1. The Kier molecular flexibility index (Phi) is 6.86. The van der Waals surface area contributed by atoms with E-state index >= 15 is 0 Å². The van der Waals surface area contributed by atoms with Gasteiger partial charge in [-0.25, -0.2) is 0 Å². The average Bonchev–Trinajstić information content (AvgIpc) is 3.27. The summed E-state index contributed by atoms with van der Waals surface area (Å²) in [6.45, 7) is 3.81. The normalized spacial score (nSPS) is 21.0. The van der Waals surface area contributed by atoms with E-state index in [0.29, 0.717) is 18.9 Å². The molecule has 0 radical (unpaired) electrons. The van der Waals surface area contributed by atoms with E-state index in [0.717, 1.165) is 56.2 Å². The van der Waals surface area contributed by atoms with Gasteiger partial charge in [0.25, 0.3) is 0 Å². The maximum Gasteiger partial charge on any atom is 0.237 e. The van der Waals surface area contributed by atoms with Gasteiger partial charge in [0.05, 0.1) is 18.0 Å². The summed E-state index contributed by atoms with van der Waals surface area (Å²) < 4.78 is 0. The van der Waals surface area contributed by atoms with Gasteiger partial charge in [-0.15, -0.1) is 0 Å². The molecule has 2 aliphatic rings. The number of hydrogen-bond donors (Lipinski definition) is 1. The standard InChI is InChI=1S/C27H34N2O2/c1-21-12-14-23(15-13-21)27(16-6-3-7-17-27)25(30)20-29-18-8-11-24(29)26(31)28-19-22-9-4-2-5-10-22/h2,4-5,9-10,12-15,24H,3,6-8,11,16-20H2,1H3,(H,28,31)/t24-/m0/s1. The summed E-state index contributed by atoms with van der Waals surface area (Å²) in [6.07, 6.45) is 7.04. The average molecular weight is 419 g/mol. The number of aryl methyl sites for hydroxylation is 1. The highest BCUT2D eigenvalue weighted by Gasteiger charge is 2.43. The predicted molar refractivity (Wildman–Crippen MR) is 124 cm³/mol. The number of carbonyl (C=O) groups is 2. The molecule has 4 rings (SSSR count). The Morgan fingerprint density at radius 3 is 2.39 bits per heavy atom. The number of ketones is 1. The van der Waals surface area contributed by atoms with E-state index in [4.69, 9.17) is 0 Å². The number of carbonyl (C=O) groups excluding carboxylic acids is 2. The summed E-state index contributed by atoms with van der Waals surface area (Å²) in [7, 11) is 0. The molecular weight excluding hydrogens is 384 g/mol. The quantitative estimate of drug-likeness (QED) is 0.718. The molecule has 4 nitrogen and oxygen atoms in total. The van der Waals surface area contributed by atoms with Crippen LogP contribution < -0.4 is 5.32 Å². The van der Waals surface area contributed by atoms with Gasteiger partial charge in [0, 0.05) is 6.54 Å². The van der Waals surface area contributed by atoms with Gasteiger partial charge in [-0.1, -0.05) is 79.4 Å². The minimum atomic E-state index is -0.389. The fourth-order valence-electron chi connectivity index (χ4n) is 5.31. The van der Waals surface area contributed by atoms with Crippen molar-refractivity contribution in [1.82, 2.24) is 10.2 Å². The highest BCUT2D eigenvalue weighted by atomic mass is 16.2. The maximum absolute atomic E-state index is 13.7. The Morgan fingerprint density at radius 1 is 0.968 bits per heavy atom. The summed E-state index contributed by atoms with van der Waals surface area (Å²) in [5, 5.41) is 3.08. The fourth-order valence-corrected chi connectivity index (χ4v) is 5.31. The predicted octanol–water partition coefficient (Wildman–Crippen LogP) is 4.55. The van der Waals surface area contributed by atoms with Crippen LogP contribution in [-0.4, -0.2) is 35.7 Å². The van der Waals surface area contributed by atoms with Crippen molar-refractivity contribution in [3.05, 3.63) is 71.3 Å². The van der Waals surface area contributed by atoms with Crippen LogP contribution in [0.3, 0.4) is 0 Å². The molecule has 1 heterocycles. The zero-order valence-electron chi connectivity index (χ0n) is 18.6. The van der Waals surface area contributed by atoms with Crippen LogP contribution in [0.2, 0.25) is 0 Å². The smallest absolute Gasteiger partial charge is 0.237 e. The second-order valence-corrected chi connectivity index (χ2v) is 9.26. The second-order valence-electron chi connectivity index (χ2n) is 9.26. The Balaban J connectivity index is 1.45. The molecule has 1 N–H and O–H groups in total. The van der Waals surface area contributed by atoms with Crippen LogP contribution in [0, 0.1) is 6.92 Å². The van der Waals surface area contributed by atoms with Gasteiger partial charge in [0.1, 0.15) is 0 Å². The van der Waals surface area contributed by atoms with Crippen molar-refractivity contribution in [3.8, 4) is 0 Å². The number of amides is 1. The molecule has 1 amide bonds. The van der Waals surface area contributed by atoms with Crippen LogP contribution in [0.5, 0.6) is 0 Å². The van der Waals surface area contributed by atoms with Gasteiger partial charge in [0.15, 0.2) is 5.78 Å². The van der Waals surface area contributed by atoms with Gasteiger partial charge in [-0.05, 0) is 50.3 Å². The number of likely N-dealkylation sites (tertiary alicyclic amines) is 1. The second kappa shape index (κ2) is 9.78. The van der Waals surface area contributed by atoms with E-state index in [2.05, 4.69) is 41.4 Å². The van der Waals surface area contributed by atoms with Crippen LogP contribution in [0.1, 0.15) is 61.6 Å². The van der Waals surface area contributed by atoms with Crippen molar-refractivity contribution < 1.29 is 9.59 Å². The lowest BCUT2D eigenvalue weighted by Gasteiger charge is -2.38. The van der Waals surface area contributed by atoms with Gasteiger partial charge in [0.2, 0.25) is 5.91 Å². The van der Waals surface area contributed by atoms with Crippen molar-refractivity contribution in [1.29, 1.82) is 0 Å². The van der Waals surface area contributed by atoms with E-state index in [1.807, 2.05) is 30.3 Å². The first kappa shape index (κ1) is 21.8. The molecule has 31 heavy (non-hydrogen) atoms. The summed E-state index contributed by atoms with van der Waals surface area (Å²) in [6, 6.07) is 18.3. The first-order valence-electron chi connectivity index (χ1n) is 11.7. The maximum atomic E-state index is 13.7. The summed E-state index contributed by atoms with van der Waals surface area (Å²) in [5.41, 5.74) is 3.08. The lowest BCUT2D eigenvalue weighted by Crippen LogP contribution is -2.49. The Labute approximate surface area is 186 Å². The molecule has 1 atom stereocenters. The van der Waals surface area contributed by atoms with Crippen LogP contribution >= 0.6 is 0 Å². The molecule has 0 spiro atoms. The number of Topliss-reactive ketones (excluding diaryl/α,β-unsaturated/α-hetero) is 1. The molecule has 1 saturated carbocycles. The molecule has 1 aliphatic heterocycles. The molecule has 0 aromatic heterocycles. The highest BCUT2D eigenvalue weighted by molar-refractivity contribution is 5.92. The minimum Gasteiger partial charge on any atom is -0.351 e. The van der Waals surface area contributed by atoms with E-state index in [-0.39, 0.29) is 17.4 Å². The Morgan fingerprint density at radius 2 is 1.68 bits per heavy atom. The number of hydrogen-bond acceptors (Lipinski definition) is 3. The molecule has 2 aromatic rings. The lowest BCUT2D eigenvalue weighted by atomic mass is 9.66. The molecule has 2 aromatic carbocycles. The van der Waals surface area contributed by atoms with Crippen LogP contribution in [-0.2, 0) is 21.5 Å². The van der Waals surface area contributed by atoms with Crippen LogP contribution in [0.15, 0.2) is 54.6 Å². The Hall–Kier alpha value is -2.46. The highest BCUT2D eigenvalue weighted by Crippen LogP contribution is 2.41. The van der Waals surface area contributed by atoms with Gasteiger partial charge in [-0.2, -0.15) is 0 Å². The fraction of sp³-hybridized carbons (Fsp3) is 0.481. The van der Waals surface area contributed by atoms with Crippen LogP contribution in [0.25, 0.3) is 0 Å². The van der Waals surface area contributed by atoms with Crippen molar-refractivity contribution >= 4 is 11.7 Å². The molecular formula is C27H34N2O2. The summed E-state index contributed by atoms with van der Waals surface area (Å²) in [5.74, 6) is 0.334. The van der Waals surface area contributed by atoms with Gasteiger partial charge < -0.3 is 5.32 Å². The topological polar surface area (TPSA) is 49.4 Å². The molecule has 1 saturated heterocycles. The summed E-state index contributed by atoms with van der Waals surface area (Å²) in [4.78, 5) is 28.8. The Bertz CT molecular complexity index is 885. The molecule has 0 bridgehead atoms. The van der Waals surface area contributed by atoms with Crippen LogP contribution in [0.4, 0.5) is 0 Å². The van der Waals surface area contributed by atoms with Crippen molar-refractivity contribution in [2.24, 2.45) is 0 Å². The third kappa shape index (κ3) is 4.90. The zero-order valence-corrected chi connectivity index (χ0v) is 18.6. The van der Waals surface area contributed by atoms with E-state index in [1.165, 1.54) is 12.0 Å². The molecule has 164 valence electrons. The molecule has 4 heteroatoms. The minimum absolute atomic E-state index is 0.0437. The van der Waals surface area contributed by atoms with Crippen molar-refractivity contribution in [2.45, 2.75) is 69.9 Å². The first-order valence-corrected chi connectivity index (χ1v) is 11.7. The van der Waals surface area contributed by atoms with E-state index in [9.17, 15) is 9.59 Å².